The molecule has 0 aromatic carbocycles. The van der Waals surface area contributed by atoms with E-state index in [-0.39, 0.29) is 11.9 Å². The van der Waals surface area contributed by atoms with E-state index in [4.69, 9.17) is 0 Å². The van der Waals surface area contributed by atoms with Crippen LogP contribution in [0.5, 0.6) is 0 Å². The first-order valence-electron chi connectivity index (χ1n) is 6.74. The summed E-state index contributed by atoms with van der Waals surface area (Å²) in [5.41, 5.74) is 0. The fourth-order valence-corrected chi connectivity index (χ4v) is 2.01. The van der Waals surface area contributed by atoms with Crippen molar-refractivity contribution in [1.82, 2.24) is 15.5 Å². The van der Waals surface area contributed by atoms with Gasteiger partial charge in [-0.25, -0.2) is 4.79 Å². The summed E-state index contributed by atoms with van der Waals surface area (Å²) < 4.78 is 0. The van der Waals surface area contributed by atoms with Crippen LogP contribution in [0.1, 0.15) is 32.1 Å². The molecular formula is C13H21N3O2. The van der Waals surface area contributed by atoms with E-state index >= 15 is 0 Å². The smallest absolute Gasteiger partial charge is 0.318 e. The van der Waals surface area contributed by atoms with Gasteiger partial charge in [0.25, 0.3) is 0 Å². The number of likely N-dealkylation sites (tertiary alicyclic amines) is 1. The zero-order chi connectivity index (χ0) is 12.8. The highest BCUT2D eigenvalue weighted by Gasteiger charge is 2.19. The van der Waals surface area contributed by atoms with Gasteiger partial charge < -0.3 is 15.5 Å². The van der Waals surface area contributed by atoms with Gasteiger partial charge >= 0.3 is 6.03 Å². The number of nitrogens with one attached hydrogen (secondary N) is 2. The summed E-state index contributed by atoms with van der Waals surface area (Å²) in [5, 5.41) is 5.46. The van der Waals surface area contributed by atoms with Crippen molar-refractivity contribution in [3.8, 4) is 0 Å². The van der Waals surface area contributed by atoms with Crippen molar-refractivity contribution in [3.05, 3.63) is 12.3 Å². The van der Waals surface area contributed by atoms with Gasteiger partial charge in [-0.05, 0) is 31.6 Å². The summed E-state index contributed by atoms with van der Waals surface area (Å²) in [6, 6.07) is -0.167. The molecule has 100 valence electrons. The fraction of sp³-hybridized carbons (Fsp3) is 0.692. The minimum Gasteiger partial charge on any atom is -0.343 e. The molecule has 3 amide bonds. The quantitative estimate of drug-likeness (QED) is 0.697. The van der Waals surface area contributed by atoms with Gasteiger partial charge in [-0.3, -0.25) is 4.79 Å². The molecule has 1 aliphatic heterocycles. The zero-order valence-corrected chi connectivity index (χ0v) is 10.7. The lowest BCUT2D eigenvalue weighted by molar-refractivity contribution is -0.127. The fourth-order valence-electron chi connectivity index (χ4n) is 2.01. The van der Waals surface area contributed by atoms with Gasteiger partial charge in [0.2, 0.25) is 5.91 Å². The lowest BCUT2D eigenvalue weighted by atomic mass is 10.4. The van der Waals surface area contributed by atoms with Crippen molar-refractivity contribution < 1.29 is 9.59 Å². The van der Waals surface area contributed by atoms with Gasteiger partial charge in [-0.15, -0.1) is 0 Å². The highest BCUT2D eigenvalue weighted by atomic mass is 16.2. The van der Waals surface area contributed by atoms with Crippen LogP contribution in [0, 0.1) is 5.92 Å². The number of allylic oxidation sites excluding steroid dienone is 1. The Balaban J connectivity index is 1.49. The summed E-state index contributed by atoms with van der Waals surface area (Å²) in [4.78, 5) is 24.5. The maximum atomic E-state index is 11.4. The molecule has 18 heavy (non-hydrogen) atoms. The molecule has 0 unspecified atom stereocenters. The Morgan fingerprint density at radius 2 is 2.28 bits per heavy atom. The molecule has 0 aromatic heterocycles. The van der Waals surface area contributed by atoms with Gasteiger partial charge in [0.15, 0.2) is 0 Å². The van der Waals surface area contributed by atoms with Crippen LogP contribution in [-0.4, -0.2) is 36.5 Å². The third kappa shape index (κ3) is 4.39. The second kappa shape index (κ2) is 6.42. The Bertz CT molecular complexity index is 337. The first kappa shape index (κ1) is 12.9. The standard InChI is InChI=1S/C13H21N3O2/c17-12-3-1-9-16(12)10-2-7-14-13(18)15-8-6-11-4-5-11/h6,8,11H,1-5,7,9-10H2,(H2,14,15,18)/b8-6+. The molecule has 1 saturated carbocycles. The maximum Gasteiger partial charge on any atom is 0.318 e. The first-order valence-corrected chi connectivity index (χ1v) is 6.74. The molecule has 1 heterocycles. The van der Waals surface area contributed by atoms with Crippen LogP contribution in [0.3, 0.4) is 0 Å². The third-order valence-corrected chi connectivity index (χ3v) is 3.27. The predicted molar refractivity (Wildman–Crippen MR) is 68.8 cm³/mol. The Kier molecular flexibility index (Phi) is 4.61. The van der Waals surface area contributed by atoms with Crippen LogP contribution in [0.2, 0.25) is 0 Å². The molecule has 0 aromatic rings. The van der Waals surface area contributed by atoms with Crippen molar-refractivity contribution in [2.75, 3.05) is 19.6 Å². The summed E-state index contributed by atoms with van der Waals surface area (Å²) >= 11 is 0. The lowest BCUT2D eigenvalue weighted by Crippen LogP contribution is -2.35. The van der Waals surface area contributed by atoms with Crippen LogP contribution < -0.4 is 10.6 Å². The topological polar surface area (TPSA) is 61.4 Å². The Morgan fingerprint density at radius 3 is 2.94 bits per heavy atom. The third-order valence-electron chi connectivity index (χ3n) is 3.27. The van der Waals surface area contributed by atoms with Crippen molar-refractivity contribution in [2.24, 2.45) is 5.92 Å². The van der Waals surface area contributed by atoms with E-state index in [0.717, 1.165) is 25.9 Å². The molecule has 1 aliphatic carbocycles. The van der Waals surface area contributed by atoms with Crippen molar-refractivity contribution >= 4 is 11.9 Å². The zero-order valence-electron chi connectivity index (χ0n) is 10.7. The minimum atomic E-state index is -0.167. The maximum absolute atomic E-state index is 11.4. The van der Waals surface area contributed by atoms with Crippen LogP contribution in [0.25, 0.3) is 0 Å². The molecular weight excluding hydrogens is 230 g/mol. The molecule has 5 heteroatoms. The Hall–Kier alpha value is -1.52. The van der Waals surface area contributed by atoms with Crippen molar-refractivity contribution in [3.63, 3.8) is 0 Å². The number of carbonyl (C=O) groups excluding carboxylic acids is 2. The molecule has 2 N–H and O–H groups in total. The molecule has 0 atom stereocenters. The van der Waals surface area contributed by atoms with Gasteiger partial charge in [-0.1, -0.05) is 6.08 Å². The average molecular weight is 251 g/mol. The summed E-state index contributed by atoms with van der Waals surface area (Å²) in [7, 11) is 0. The molecule has 5 nitrogen and oxygen atoms in total. The van der Waals surface area contributed by atoms with Crippen LogP contribution in [-0.2, 0) is 4.79 Å². The second-order valence-corrected chi connectivity index (χ2v) is 4.93. The van der Waals surface area contributed by atoms with E-state index in [2.05, 4.69) is 10.6 Å². The van der Waals surface area contributed by atoms with Crippen molar-refractivity contribution in [1.29, 1.82) is 0 Å². The summed E-state index contributed by atoms with van der Waals surface area (Å²) in [6.45, 7) is 2.22. The van der Waals surface area contributed by atoms with Gasteiger partial charge in [0.05, 0.1) is 0 Å². The Morgan fingerprint density at radius 1 is 1.44 bits per heavy atom. The van der Waals surface area contributed by atoms with E-state index in [1.165, 1.54) is 12.8 Å². The first-order chi connectivity index (χ1) is 8.75. The molecule has 2 fully saturated rings. The minimum absolute atomic E-state index is 0.167. The monoisotopic (exact) mass is 251 g/mol. The van der Waals surface area contributed by atoms with Crippen LogP contribution in [0.4, 0.5) is 4.79 Å². The molecule has 0 radical (unpaired) electrons. The van der Waals surface area contributed by atoms with E-state index in [1.54, 1.807) is 6.20 Å². The molecule has 2 rings (SSSR count). The predicted octanol–water partition coefficient (Wildman–Crippen LogP) is 1.22. The SMILES string of the molecule is O=C(N/C=C/C1CC1)NCCCN1CCCC1=O. The number of rotatable bonds is 6. The molecule has 0 bridgehead atoms. The Labute approximate surface area is 108 Å². The van der Waals surface area contributed by atoms with Crippen LogP contribution >= 0.6 is 0 Å². The number of amides is 3. The van der Waals surface area contributed by atoms with Gasteiger partial charge in [-0.2, -0.15) is 0 Å². The molecule has 1 saturated heterocycles. The lowest BCUT2D eigenvalue weighted by Gasteiger charge is -2.15. The number of nitrogens with zero attached hydrogens (tertiary/aromatic N) is 1. The summed E-state index contributed by atoms with van der Waals surface area (Å²) in [6.07, 6.45) is 8.69. The number of carbonyl (C=O) groups is 2. The molecule has 2 aliphatic rings. The van der Waals surface area contributed by atoms with Crippen LogP contribution in [0.15, 0.2) is 12.3 Å². The highest BCUT2D eigenvalue weighted by Crippen LogP contribution is 2.29. The number of urea groups is 1. The normalized spacial score (nSPS) is 19.6. The highest BCUT2D eigenvalue weighted by molar-refractivity contribution is 5.78. The van der Waals surface area contributed by atoms with Crippen molar-refractivity contribution in [2.45, 2.75) is 32.1 Å². The van der Waals surface area contributed by atoms with E-state index in [0.29, 0.717) is 18.9 Å². The summed E-state index contributed by atoms with van der Waals surface area (Å²) in [5.74, 6) is 0.915. The van der Waals surface area contributed by atoms with E-state index in [9.17, 15) is 9.59 Å². The average Bonchev–Trinajstić information content (AvgIpc) is 3.08. The number of hydrogen-bond donors (Lipinski definition) is 2. The molecule has 0 spiro atoms. The van der Waals surface area contributed by atoms with Gasteiger partial charge in [0.1, 0.15) is 0 Å². The van der Waals surface area contributed by atoms with E-state index in [1.807, 2.05) is 11.0 Å². The van der Waals surface area contributed by atoms with E-state index < -0.39 is 0 Å². The van der Waals surface area contributed by atoms with Gasteiger partial charge in [0, 0.05) is 32.3 Å². The number of hydrogen-bond acceptors (Lipinski definition) is 2. The second-order valence-electron chi connectivity index (χ2n) is 4.93. The largest absolute Gasteiger partial charge is 0.343 e.